The van der Waals surface area contributed by atoms with Gasteiger partial charge in [0.25, 0.3) is 17.7 Å². The van der Waals surface area contributed by atoms with Crippen molar-refractivity contribution in [2.45, 2.75) is 101 Å². The van der Waals surface area contributed by atoms with Gasteiger partial charge >= 0.3 is 0 Å². The molecule has 61 heavy (non-hydrogen) atoms. The Kier molecular flexibility index (Phi) is 11.6. The monoisotopic (exact) mass is 850 g/mol. The molecule has 5 fully saturated rings. The first-order chi connectivity index (χ1) is 29.6. The molecule has 6 aliphatic rings. The Morgan fingerprint density at radius 2 is 1.61 bits per heavy atom. The van der Waals surface area contributed by atoms with Gasteiger partial charge in [-0.05, 0) is 81.2 Å². The number of fused-ring (bicyclic) bond motifs is 1. The fourth-order valence-corrected chi connectivity index (χ4v) is 9.53. The van der Waals surface area contributed by atoms with E-state index in [0.29, 0.717) is 59.0 Å². The normalized spacial score (nSPS) is 25.6. The van der Waals surface area contributed by atoms with Gasteiger partial charge in [-0.15, -0.1) is 0 Å². The van der Waals surface area contributed by atoms with Gasteiger partial charge in [-0.1, -0.05) is 11.6 Å². The molecule has 3 aromatic rings. The van der Waals surface area contributed by atoms with E-state index in [4.69, 9.17) is 31.1 Å². The third-order valence-corrected chi connectivity index (χ3v) is 13.3. The first-order valence-corrected chi connectivity index (χ1v) is 21.6. The van der Waals surface area contributed by atoms with E-state index in [9.17, 15) is 24.0 Å². The number of rotatable bonds is 12. The van der Waals surface area contributed by atoms with Crippen LogP contribution in [-0.2, 0) is 14.3 Å². The van der Waals surface area contributed by atoms with Crippen LogP contribution in [0, 0.1) is 17.2 Å². The summed E-state index contributed by atoms with van der Waals surface area (Å²) in [6.07, 6.45) is 10.2. The van der Waals surface area contributed by atoms with Crippen LogP contribution in [0.3, 0.4) is 0 Å². The molecule has 3 saturated heterocycles. The average Bonchev–Trinajstić information content (AvgIpc) is 3.47. The van der Waals surface area contributed by atoms with Crippen molar-refractivity contribution in [2.75, 3.05) is 37.7 Å². The third-order valence-electron chi connectivity index (χ3n) is 13.0. The Morgan fingerprint density at radius 3 is 2.28 bits per heavy atom. The van der Waals surface area contributed by atoms with E-state index in [-0.39, 0.29) is 48.1 Å². The van der Waals surface area contributed by atoms with Crippen molar-refractivity contribution >= 4 is 47.0 Å². The van der Waals surface area contributed by atoms with Gasteiger partial charge in [0.15, 0.2) is 0 Å². The van der Waals surface area contributed by atoms with Gasteiger partial charge in [0.1, 0.15) is 41.2 Å². The number of benzene rings is 2. The van der Waals surface area contributed by atoms with E-state index in [2.05, 4.69) is 36.5 Å². The van der Waals surface area contributed by atoms with Crippen molar-refractivity contribution in [3.8, 4) is 17.6 Å². The number of nitriles is 1. The second-order valence-electron chi connectivity index (χ2n) is 16.9. The summed E-state index contributed by atoms with van der Waals surface area (Å²) in [7, 11) is 0. The highest BCUT2D eigenvalue weighted by Crippen LogP contribution is 2.37. The van der Waals surface area contributed by atoms with Crippen molar-refractivity contribution in [3.05, 3.63) is 76.2 Å². The minimum Gasteiger partial charge on any atom is -0.490 e. The molecule has 1 aromatic heterocycles. The number of piperidine rings is 2. The summed E-state index contributed by atoms with van der Waals surface area (Å²) in [4.78, 5) is 78.4. The molecule has 2 aliphatic carbocycles. The average molecular weight is 851 g/mol. The van der Waals surface area contributed by atoms with Crippen molar-refractivity contribution in [1.29, 1.82) is 5.26 Å². The molecule has 0 spiro atoms. The third kappa shape index (κ3) is 8.64. The van der Waals surface area contributed by atoms with Gasteiger partial charge in [0.2, 0.25) is 11.8 Å². The second kappa shape index (κ2) is 17.4. The van der Waals surface area contributed by atoms with E-state index < -0.39 is 29.7 Å². The lowest BCUT2D eigenvalue weighted by molar-refractivity contribution is -0.136. The smallest absolute Gasteiger partial charge is 0.271 e. The van der Waals surface area contributed by atoms with Crippen LogP contribution in [0.1, 0.15) is 101 Å². The molecular weight excluding hydrogens is 804 g/mol. The number of nitrogens with one attached hydrogen (secondary N) is 2. The van der Waals surface area contributed by atoms with E-state index in [1.807, 2.05) is 0 Å². The summed E-state index contributed by atoms with van der Waals surface area (Å²) in [5.74, 6) is 0.0480. The second-order valence-corrected chi connectivity index (χ2v) is 17.3. The summed E-state index contributed by atoms with van der Waals surface area (Å²) >= 11 is 6.15. The highest BCUT2D eigenvalue weighted by Gasteiger charge is 2.46. The molecule has 0 bridgehead atoms. The molecule has 1 atom stereocenters. The first-order valence-electron chi connectivity index (χ1n) is 21.2. The molecule has 2 aromatic carbocycles. The molecule has 16 nitrogen and oxygen atoms in total. The highest BCUT2D eigenvalue weighted by atomic mass is 35.5. The summed E-state index contributed by atoms with van der Waals surface area (Å²) in [6.45, 7) is 4.08. The molecule has 9 rings (SSSR count). The first kappa shape index (κ1) is 40.8. The maximum atomic E-state index is 13.3. The highest BCUT2D eigenvalue weighted by molar-refractivity contribution is 6.31. The minimum atomic E-state index is -1.01. The number of nitrogens with zero attached hydrogens (tertiary/aromatic N) is 6. The largest absolute Gasteiger partial charge is 0.490 e. The Bertz CT molecular complexity index is 2240. The van der Waals surface area contributed by atoms with Crippen LogP contribution in [0.2, 0.25) is 5.02 Å². The van der Waals surface area contributed by atoms with Crippen LogP contribution in [0.25, 0.3) is 0 Å². The fourth-order valence-electron chi connectivity index (χ4n) is 9.31. The Morgan fingerprint density at radius 1 is 0.885 bits per heavy atom. The van der Waals surface area contributed by atoms with Crippen LogP contribution in [0.15, 0.2) is 48.8 Å². The van der Waals surface area contributed by atoms with Gasteiger partial charge in [0.05, 0.1) is 59.5 Å². The quantitative estimate of drug-likeness (QED) is 0.248. The maximum Gasteiger partial charge on any atom is 0.271 e. The van der Waals surface area contributed by atoms with E-state index in [1.54, 1.807) is 48.8 Å². The van der Waals surface area contributed by atoms with Crippen LogP contribution in [0.5, 0.6) is 11.5 Å². The number of imide groups is 2. The van der Waals surface area contributed by atoms with Crippen LogP contribution in [-0.4, -0.2) is 119 Å². The van der Waals surface area contributed by atoms with Crippen LogP contribution in [0.4, 0.5) is 5.82 Å². The van der Waals surface area contributed by atoms with E-state index in [1.165, 1.54) is 0 Å². The van der Waals surface area contributed by atoms with Crippen molar-refractivity contribution < 1.29 is 38.2 Å². The number of carbonyl (C=O) groups is 5. The molecule has 318 valence electrons. The Hall–Kier alpha value is -5.63. The van der Waals surface area contributed by atoms with Gasteiger partial charge in [-0.25, -0.2) is 9.97 Å². The molecule has 2 saturated carbocycles. The van der Waals surface area contributed by atoms with Gasteiger partial charge < -0.3 is 24.4 Å². The zero-order valence-corrected chi connectivity index (χ0v) is 34.4. The van der Waals surface area contributed by atoms with Gasteiger partial charge in [-0.3, -0.25) is 39.1 Å². The molecule has 5 heterocycles. The predicted molar refractivity (Wildman–Crippen MR) is 219 cm³/mol. The number of halogens is 1. The van der Waals surface area contributed by atoms with Crippen molar-refractivity contribution in [3.63, 3.8) is 0 Å². The predicted octanol–water partition coefficient (Wildman–Crippen LogP) is 4.05. The molecule has 0 radical (unpaired) electrons. The summed E-state index contributed by atoms with van der Waals surface area (Å²) < 4.78 is 18.0. The molecule has 5 amide bonds. The van der Waals surface area contributed by atoms with E-state index >= 15 is 0 Å². The number of anilines is 1. The number of ether oxygens (including phenoxy) is 3. The SMILES string of the molecule is N#Cc1ccc(OC2CCC(NC(=O)c3cnc(N4CCC(CN(C5COC5)C5CC(Oc6ccc7c(c6)C(=O)N([C@@H]6CCC(=O)NC6=O)C7=O)C5)CC4)cn3)CC2)cc1Cl. The summed E-state index contributed by atoms with van der Waals surface area (Å²) in [5, 5.41) is 14.8. The lowest BCUT2D eigenvalue weighted by atomic mass is 9.84. The number of carbonyl (C=O) groups excluding carboxylic acids is 5. The minimum absolute atomic E-state index is 0.0123. The van der Waals surface area contributed by atoms with Crippen LogP contribution >= 0.6 is 11.6 Å². The zero-order chi connectivity index (χ0) is 42.2. The molecule has 4 aliphatic heterocycles. The zero-order valence-electron chi connectivity index (χ0n) is 33.6. The fraction of sp³-hybridized carbons (Fsp3) is 0.500. The topological polar surface area (TPSA) is 196 Å². The maximum absolute atomic E-state index is 13.3. The van der Waals surface area contributed by atoms with E-state index in [0.717, 1.165) is 81.7 Å². The van der Waals surface area contributed by atoms with Gasteiger partial charge in [0, 0.05) is 57.0 Å². The molecule has 0 unspecified atom stereocenters. The number of hydrogen-bond donors (Lipinski definition) is 2. The van der Waals surface area contributed by atoms with Crippen molar-refractivity contribution in [2.24, 2.45) is 5.92 Å². The van der Waals surface area contributed by atoms with Gasteiger partial charge in [-0.2, -0.15) is 5.26 Å². The number of amides is 5. The lowest BCUT2D eigenvalue weighted by Gasteiger charge is -2.50. The number of hydrogen-bond acceptors (Lipinski definition) is 13. The standard InChI is InChI=1S/C44H47ClN8O8/c45-36-18-32(4-1-26(36)19-46)60-30-5-2-27(3-6-30)49-41(55)37-20-48-39(21-47-37)51-13-11-25(12-14-51)22-52(29-23-59-24-29)28-15-33(16-28)61-31-7-8-34-35(17-31)44(58)53(43(34)57)38-9-10-40(54)50-42(38)56/h1,4,7-8,17-18,20-21,25,27-30,33,38H,2-3,5-6,9-16,22-24H2,(H,49,55)(H,50,54,56)/t27?,28?,30?,33?,38-/m1/s1. The molecule has 2 N–H and O–H groups in total. The Labute approximate surface area is 357 Å². The Balaban J connectivity index is 0.715. The number of aromatic nitrogens is 2. The molecule has 17 heteroatoms. The molecular formula is C44H47ClN8O8. The lowest BCUT2D eigenvalue weighted by Crippen LogP contribution is -2.60. The summed E-state index contributed by atoms with van der Waals surface area (Å²) in [6, 6.07) is 11.7. The summed E-state index contributed by atoms with van der Waals surface area (Å²) in [5.41, 5.74) is 1.14. The van der Waals surface area contributed by atoms with Crippen LogP contribution < -0.4 is 25.0 Å². The van der Waals surface area contributed by atoms with Crippen molar-refractivity contribution in [1.82, 2.24) is 30.4 Å².